The third-order valence-electron chi connectivity index (χ3n) is 2.23. The molecule has 1 aromatic carbocycles. The van der Waals surface area contributed by atoms with Gasteiger partial charge in [-0.05, 0) is 35.0 Å². The maximum Gasteiger partial charge on any atom is 0.328 e. The minimum atomic E-state index is -1.49. The van der Waals surface area contributed by atoms with Crippen molar-refractivity contribution in [2.24, 2.45) is 0 Å². The topological polar surface area (TPSA) is 86.6 Å². The Morgan fingerprint density at radius 1 is 1.44 bits per heavy atom. The lowest BCUT2D eigenvalue weighted by molar-refractivity contribution is -0.141. The Morgan fingerprint density at radius 3 is 2.56 bits per heavy atom. The second kappa shape index (κ2) is 5.92. The van der Waals surface area contributed by atoms with Crippen LogP contribution in [0.2, 0.25) is 0 Å². The van der Waals surface area contributed by atoms with Gasteiger partial charge >= 0.3 is 5.97 Å². The normalized spacial score (nSPS) is 13.8. The fourth-order valence-corrected chi connectivity index (χ4v) is 1.65. The molecule has 1 rings (SSSR count). The van der Waals surface area contributed by atoms with E-state index < -0.39 is 29.8 Å². The van der Waals surface area contributed by atoms with Gasteiger partial charge < -0.3 is 15.5 Å². The first-order valence-corrected chi connectivity index (χ1v) is 5.79. The van der Waals surface area contributed by atoms with Crippen LogP contribution in [0.4, 0.5) is 4.39 Å². The highest BCUT2D eigenvalue weighted by Gasteiger charge is 2.26. The first kappa shape index (κ1) is 14.6. The van der Waals surface area contributed by atoms with E-state index in [0.717, 1.165) is 0 Å². The maximum atomic E-state index is 13.6. The number of amides is 1. The summed E-state index contributed by atoms with van der Waals surface area (Å²) < 4.78 is 13.7. The molecule has 7 heteroatoms. The number of halogens is 2. The number of aliphatic hydroxyl groups is 1. The average molecular weight is 320 g/mol. The van der Waals surface area contributed by atoms with Crippen LogP contribution in [0.15, 0.2) is 22.7 Å². The van der Waals surface area contributed by atoms with Crippen LogP contribution in [0.25, 0.3) is 0 Å². The lowest BCUT2D eigenvalue weighted by Gasteiger charge is -2.17. The van der Waals surface area contributed by atoms with Crippen molar-refractivity contribution in [3.05, 3.63) is 34.1 Å². The maximum absolute atomic E-state index is 13.6. The summed E-state index contributed by atoms with van der Waals surface area (Å²) in [6.45, 7) is 1.22. The van der Waals surface area contributed by atoms with Crippen molar-refractivity contribution in [2.45, 2.75) is 19.1 Å². The zero-order chi connectivity index (χ0) is 13.9. The number of aliphatic hydroxyl groups excluding tert-OH is 1. The molecule has 0 radical (unpaired) electrons. The van der Waals surface area contributed by atoms with Crippen LogP contribution in [0.1, 0.15) is 17.3 Å². The molecule has 3 N–H and O–H groups in total. The van der Waals surface area contributed by atoms with Crippen molar-refractivity contribution >= 4 is 27.8 Å². The summed E-state index contributed by atoms with van der Waals surface area (Å²) in [4.78, 5) is 22.5. The summed E-state index contributed by atoms with van der Waals surface area (Å²) in [6.07, 6.45) is -1.29. The number of hydrogen-bond acceptors (Lipinski definition) is 3. The highest BCUT2D eigenvalue weighted by atomic mass is 79.9. The van der Waals surface area contributed by atoms with E-state index in [9.17, 15) is 19.1 Å². The second-order valence-corrected chi connectivity index (χ2v) is 4.49. The lowest BCUT2D eigenvalue weighted by Crippen LogP contribution is -2.47. The molecule has 0 aliphatic heterocycles. The first-order chi connectivity index (χ1) is 8.34. The van der Waals surface area contributed by atoms with Gasteiger partial charge in [-0.25, -0.2) is 9.18 Å². The Labute approximate surface area is 111 Å². The molecule has 0 spiro atoms. The Morgan fingerprint density at radius 2 is 2.06 bits per heavy atom. The van der Waals surface area contributed by atoms with Gasteiger partial charge in [-0.2, -0.15) is 0 Å². The molecule has 1 amide bonds. The summed E-state index contributed by atoms with van der Waals surface area (Å²) in [6, 6.07) is 2.59. The minimum Gasteiger partial charge on any atom is -0.480 e. The monoisotopic (exact) mass is 319 g/mol. The largest absolute Gasteiger partial charge is 0.480 e. The molecular weight excluding hydrogens is 309 g/mol. The van der Waals surface area contributed by atoms with Crippen LogP contribution in [0, 0.1) is 5.82 Å². The van der Waals surface area contributed by atoms with E-state index in [0.29, 0.717) is 0 Å². The van der Waals surface area contributed by atoms with Gasteiger partial charge in [0.05, 0.1) is 16.1 Å². The molecule has 0 aliphatic rings. The predicted octanol–water partition coefficient (Wildman–Crippen LogP) is 1.15. The minimum absolute atomic E-state index is 0.0964. The smallest absolute Gasteiger partial charge is 0.328 e. The van der Waals surface area contributed by atoms with Gasteiger partial charge in [-0.15, -0.1) is 0 Å². The van der Waals surface area contributed by atoms with Gasteiger partial charge in [0.2, 0.25) is 0 Å². The number of carboxylic acid groups (broad SMARTS) is 1. The number of nitrogens with one attached hydrogen (secondary N) is 1. The van der Waals surface area contributed by atoms with Crippen molar-refractivity contribution in [1.82, 2.24) is 5.32 Å². The summed E-state index contributed by atoms with van der Waals surface area (Å²) in [7, 11) is 0. The van der Waals surface area contributed by atoms with Crippen LogP contribution >= 0.6 is 15.9 Å². The highest BCUT2D eigenvalue weighted by molar-refractivity contribution is 9.10. The number of rotatable bonds is 4. The van der Waals surface area contributed by atoms with Crippen molar-refractivity contribution < 1.29 is 24.2 Å². The molecule has 98 valence electrons. The fourth-order valence-electron chi connectivity index (χ4n) is 1.29. The van der Waals surface area contributed by atoms with Crippen molar-refractivity contribution in [1.29, 1.82) is 0 Å². The molecule has 0 aliphatic carbocycles. The Kier molecular flexibility index (Phi) is 4.80. The van der Waals surface area contributed by atoms with Crippen molar-refractivity contribution in [3.63, 3.8) is 0 Å². The lowest BCUT2D eigenvalue weighted by atomic mass is 10.1. The van der Waals surface area contributed by atoms with Crippen LogP contribution in [-0.4, -0.2) is 34.2 Å². The molecule has 18 heavy (non-hydrogen) atoms. The number of aliphatic carboxylic acids is 1. The summed E-state index contributed by atoms with van der Waals surface area (Å²) >= 11 is 2.92. The number of carboxylic acids is 1. The molecule has 0 aromatic heterocycles. The standard InChI is InChI=1S/C11H11BrFNO4/c1-5(15)9(11(17)18)14-10(16)6-3-2-4-7(12)8(6)13/h2-5,9,15H,1H3,(H,14,16)(H,17,18). The van der Waals surface area contributed by atoms with Crippen LogP contribution in [0.3, 0.4) is 0 Å². The molecule has 0 bridgehead atoms. The van der Waals surface area contributed by atoms with Gasteiger partial charge in [0.25, 0.3) is 5.91 Å². The van der Waals surface area contributed by atoms with Gasteiger partial charge in [-0.3, -0.25) is 4.79 Å². The number of hydrogen-bond donors (Lipinski definition) is 3. The molecule has 0 heterocycles. The summed E-state index contributed by atoms with van der Waals surface area (Å²) in [5.41, 5.74) is -0.295. The van der Waals surface area contributed by atoms with E-state index in [-0.39, 0.29) is 10.0 Å². The van der Waals surface area contributed by atoms with Crippen LogP contribution in [0.5, 0.6) is 0 Å². The summed E-state index contributed by atoms with van der Waals surface area (Å²) in [5.74, 6) is -3.08. The molecule has 2 atom stereocenters. The zero-order valence-electron chi connectivity index (χ0n) is 9.35. The Hall–Kier alpha value is -1.47. The number of carbonyl (C=O) groups is 2. The van der Waals surface area contributed by atoms with Gasteiger partial charge in [0.1, 0.15) is 5.82 Å². The molecule has 0 saturated heterocycles. The first-order valence-electron chi connectivity index (χ1n) is 5.00. The number of benzene rings is 1. The van der Waals surface area contributed by atoms with Gasteiger partial charge in [0, 0.05) is 0 Å². The molecule has 0 saturated carbocycles. The van der Waals surface area contributed by atoms with E-state index in [1.165, 1.54) is 25.1 Å². The van der Waals surface area contributed by atoms with Crippen LogP contribution in [-0.2, 0) is 4.79 Å². The van der Waals surface area contributed by atoms with Crippen molar-refractivity contribution in [3.8, 4) is 0 Å². The third kappa shape index (κ3) is 3.27. The fraction of sp³-hybridized carbons (Fsp3) is 0.273. The van der Waals surface area contributed by atoms with Crippen LogP contribution < -0.4 is 5.32 Å². The predicted molar refractivity (Wildman–Crippen MR) is 64.7 cm³/mol. The van der Waals surface area contributed by atoms with E-state index in [1.54, 1.807) is 0 Å². The zero-order valence-corrected chi connectivity index (χ0v) is 10.9. The number of carbonyl (C=O) groups excluding carboxylic acids is 1. The van der Waals surface area contributed by atoms with E-state index in [4.69, 9.17) is 5.11 Å². The molecular formula is C11H11BrFNO4. The van der Waals surface area contributed by atoms with Crippen molar-refractivity contribution in [2.75, 3.05) is 0 Å². The van der Waals surface area contributed by atoms with E-state index in [2.05, 4.69) is 21.2 Å². The van der Waals surface area contributed by atoms with E-state index in [1.807, 2.05) is 0 Å². The quantitative estimate of drug-likeness (QED) is 0.777. The molecule has 0 fully saturated rings. The Balaban J connectivity index is 2.94. The van der Waals surface area contributed by atoms with Gasteiger partial charge in [-0.1, -0.05) is 6.07 Å². The van der Waals surface area contributed by atoms with Gasteiger partial charge in [0.15, 0.2) is 6.04 Å². The highest BCUT2D eigenvalue weighted by Crippen LogP contribution is 2.18. The SMILES string of the molecule is CC(O)C(NC(=O)c1cccc(Br)c1F)C(=O)O. The van der Waals surface area contributed by atoms with E-state index >= 15 is 0 Å². The molecule has 5 nitrogen and oxygen atoms in total. The summed E-state index contributed by atoms with van der Waals surface area (Å²) in [5, 5.41) is 20.0. The second-order valence-electron chi connectivity index (χ2n) is 3.63. The third-order valence-corrected chi connectivity index (χ3v) is 2.84. The molecule has 1 aromatic rings. The Bertz CT molecular complexity index is 478. The average Bonchev–Trinajstić information content (AvgIpc) is 2.28. The molecule has 2 unspecified atom stereocenters.